The average Bonchev–Trinajstić information content (AvgIpc) is 2.60. The number of aryl methyl sites for hydroxylation is 1. The summed E-state index contributed by atoms with van der Waals surface area (Å²) >= 11 is 0. The molecule has 0 atom stereocenters. The molecule has 1 heterocycles. The van der Waals surface area contributed by atoms with E-state index in [1.165, 1.54) is 0 Å². The van der Waals surface area contributed by atoms with Crippen LogP contribution in [0.15, 0.2) is 42.1 Å². The molecule has 1 aromatic carbocycles. The van der Waals surface area contributed by atoms with Gasteiger partial charge in [0.2, 0.25) is 5.95 Å². The van der Waals surface area contributed by atoms with Crippen LogP contribution in [-0.2, 0) is 7.05 Å². The standard InChI is InChI=1S/C11H12N4/c1-4-15(12-2)11-13-9-7-5-6-8-10(9)14(11)3/h4-8H,1-2H2,3H3. The van der Waals surface area contributed by atoms with Gasteiger partial charge in [0, 0.05) is 20.0 Å². The third-order valence-electron chi connectivity index (χ3n) is 2.29. The molecule has 0 spiro atoms. The largest absolute Gasteiger partial charge is 0.311 e. The molecule has 0 aliphatic carbocycles. The van der Waals surface area contributed by atoms with Crippen molar-refractivity contribution in [1.29, 1.82) is 0 Å². The van der Waals surface area contributed by atoms with E-state index in [9.17, 15) is 0 Å². The highest BCUT2D eigenvalue weighted by Gasteiger charge is 2.10. The lowest BCUT2D eigenvalue weighted by Crippen LogP contribution is -2.10. The second kappa shape index (κ2) is 3.57. The molecule has 2 rings (SSSR count). The van der Waals surface area contributed by atoms with Gasteiger partial charge in [-0.3, -0.25) is 0 Å². The molecule has 0 aliphatic heterocycles. The maximum Gasteiger partial charge on any atom is 0.231 e. The van der Waals surface area contributed by atoms with Crippen LogP contribution in [0.5, 0.6) is 0 Å². The molecule has 0 amide bonds. The van der Waals surface area contributed by atoms with Gasteiger partial charge in [-0.2, -0.15) is 5.10 Å². The van der Waals surface area contributed by atoms with Crippen LogP contribution in [0.4, 0.5) is 5.95 Å². The van der Waals surface area contributed by atoms with Gasteiger partial charge in [-0.05, 0) is 12.1 Å². The minimum absolute atomic E-state index is 0.709. The fraction of sp³-hybridized carbons (Fsp3) is 0.0909. The molecule has 1 aromatic heterocycles. The number of hydrazone groups is 1. The third-order valence-corrected chi connectivity index (χ3v) is 2.29. The van der Waals surface area contributed by atoms with Crippen molar-refractivity contribution in [3.05, 3.63) is 37.0 Å². The number of rotatable bonds is 3. The number of imidazole rings is 1. The minimum atomic E-state index is 0.709. The molecule has 2 aromatic rings. The van der Waals surface area contributed by atoms with E-state index in [2.05, 4.69) is 23.4 Å². The fourth-order valence-electron chi connectivity index (χ4n) is 1.54. The Kier molecular flexibility index (Phi) is 2.25. The molecule has 0 unspecified atom stereocenters. The smallest absolute Gasteiger partial charge is 0.231 e. The van der Waals surface area contributed by atoms with Crippen LogP contribution in [0.25, 0.3) is 11.0 Å². The van der Waals surface area contributed by atoms with Crippen molar-refractivity contribution in [2.24, 2.45) is 12.1 Å². The maximum absolute atomic E-state index is 4.44. The van der Waals surface area contributed by atoms with Crippen LogP contribution in [0.2, 0.25) is 0 Å². The molecule has 0 aliphatic rings. The lowest BCUT2D eigenvalue weighted by molar-refractivity contribution is 0.883. The highest BCUT2D eigenvalue weighted by molar-refractivity contribution is 5.78. The van der Waals surface area contributed by atoms with Crippen molar-refractivity contribution in [3.8, 4) is 0 Å². The number of aromatic nitrogens is 2. The predicted octanol–water partition coefficient (Wildman–Crippen LogP) is 2.14. The summed E-state index contributed by atoms with van der Waals surface area (Å²) in [5.74, 6) is 0.709. The van der Waals surface area contributed by atoms with Crippen LogP contribution in [0.3, 0.4) is 0 Å². The van der Waals surface area contributed by atoms with Crippen LogP contribution >= 0.6 is 0 Å². The molecule has 0 saturated heterocycles. The first-order valence-corrected chi connectivity index (χ1v) is 4.58. The lowest BCUT2D eigenvalue weighted by atomic mass is 10.3. The van der Waals surface area contributed by atoms with Crippen molar-refractivity contribution < 1.29 is 0 Å². The summed E-state index contributed by atoms with van der Waals surface area (Å²) < 4.78 is 1.95. The Morgan fingerprint density at radius 1 is 1.47 bits per heavy atom. The quantitative estimate of drug-likeness (QED) is 0.561. The van der Waals surface area contributed by atoms with Crippen molar-refractivity contribution in [1.82, 2.24) is 9.55 Å². The van der Waals surface area contributed by atoms with E-state index in [4.69, 9.17) is 0 Å². The number of nitrogens with zero attached hydrogens (tertiary/aromatic N) is 4. The first-order valence-electron chi connectivity index (χ1n) is 4.58. The number of fused-ring (bicyclic) bond motifs is 1. The number of para-hydroxylation sites is 2. The van der Waals surface area contributed by atoms with Crippen molar-refractivity contribution in [3.63, 3.8) is 0 Å². The first-order chi connectivity index (χ1) is 7.27. The first kappa shape index (κ1) is 9.45. The summed E-state index contributed by atoms with van der Waals surface area (Å²) in [5.41, 5.74) is 1.99. The third kappa shape index (κ3) is 1.40. The van der Waals surface area contributed by atoms with Gasteiger partial charge in [0.25, 0.3) is 0 Å². The Balaban J connectivity index is 2.66. The van der Waals surface area contributed by atoms with Gasteiger partial charge in [-0.15, -0.1) is 0 Å². The Morgan fingerprint density at radius 2 is 2.20 bits per heavy atom. The summed E-state index contributed by atoms with van der Waals surface area (Å²) in [6.07, 6.45) is 1.58. The molecule has 0 bridgehead atoms. The molecular weight excluding hydrogens is 188 g/mol. The molecular formula is C11H12N4. The van der Waals surface area contributed by atoms with Crippen molar-refractivity contribution in [2.45, 2.75) is 0 Å². The summed E-state index contributed by atoms with van der Waals surface area (Å²) in [6, 6.07) is 7.91. The second-order valence-electron chi connectivity index (χ2n) is 3.13. The molecule has 0 radical (unpaired) electrons. The van der Waals surface area contributed by atoms with E-state index in [-0.39, 0.29) is 0 Å². The Hall–Kier alpha value is -2.10. The second-order valence-corrected chi connectivity index (χ2v) is 3.13. The van der Waals surface area contributed by atoms with Gasteiger partial charge in [0.1, 0.15) is 0 Å². The monoisotopic (exact) mass is 200 g/mol. The van der Waals surface area contributed by atoms with E-state index < -0.39 is 0 Å². The Bertz CT molecular complexity index is 504. The van der Waals surface area contributed by atoms with Crippen molar-refractivity contribution >= 4 is 23.7 Å². The normalized spacial score (nSPS) is 10.2. The zero-order chi connectivity index (χ0) is 10.8. The van der Waals surface area contributed by atoms with Crippen LogP contribution in [-0.4, -0.2) is 16.3 Å². The van der Waals surface area contributed by atoms with E-state index in [0.29, 0.717) is 5.95 Å². The highest BCUT2D eigenvalue weighted by Crippen LogP contribution is 2.20. The molecule has 4 nitrogen and oxygen atoms in total. The topological polar surface area (TPSA) is 33.4 Å². The van der Waals surface area contributed by atoms with Gasteiger partial charge in [0.15, 0.2) is 0 Å². The number of hydrogen-bond acceptors (Lipinski definition) is 3. The molecule has 15 heavy (non-hydrogen) atoms. The minimum Gasteiger partial charge on any atom is -0.311 e. The van der Waals surface area contributed by atoms with E-state index in [1.54, 1.807) is 11.2 Å². The average molecular weight is 200 g/mol. The summed E-state index contributed by atoms with van der Waals surface area (Å²) in [4.78, 5) is 4.44. The van der Waals surface area contributed by atoms with Gasteiger partial charge < -0.3 is 4.57 Å². The maximum atomic E-state index is 4.44. The SMILES string of the molecule is C=CN(N=C)c1nc2ccccc2n1C. The number of hydrogen-bond donors (Lipinski definition) is 0. The van der Waals surface area contributed by atoms with E-state index in [0.717, 1.165) is 11.0 Å². The van der Waals surface area contributed by atoms with Gasteiger partial charge in [-0.25, -0.2) is 9.99 Å². The molecule has 0 N–H and O–H groups in total. The summed E-state index contributed by atoms with van der Waals surface area (Å²) in [7, 11) is 1.94. The zero-order valence-corrected chi connectivity index (χ0v) is 8.59. The lowest BCUT2D eigenvalue weighted by Gasteiger charge is -2.11. The number of anilines is 1. The van der Waals surface area contributed by atoms with Crippen LogP contribution in [0, 0.1) is 0 Å². The van der Waals surface area contributed by atoms with Crippen LogP contribution < -0.4 is 5.01 Å². The molecule has 4 heteroatoms. The summed E-state index contributed by atoms with van der Waals surface area (Å²) in [6.45, 7) is 7.13. The molecule has 0 saturated carbocycles. The zero-order valence-electron chi connectivity index (χ0n) is 8.59. The van der Waals surface area contributed by atoms with Gasteiger partial charge in [0.05, 0.1) is 11.0 Å². The van der Waals surface area contributed by atoms with E-state index >= 15 is 0 Å². The molecule has 76 valence electrons. The van der Waals surface area contributed by atoms with Crippen molar-refractivity contribution in [2.75, 3.05) is 5.01 Å². The highest BCUT2D eigenvalue weighted by atomic mass is 15.5. The van der Waals surface area contributed by atoms with Gasteiger partial charge in [-0.1, -0.05) is 18.7 Å². The fourth-order valence-corrected chi connectivity index (χ4v) is 1.54. The predicted molar refractivity (Wildman–Crippen MR) is 62.9 cm³/mol. The van der Waals surface area contributed by atoms with E-state index in [1.807, 2.05) is 35.9 Å². The summed E-state index contributed by atoms with van der Waals surface area (Å²) in [5, 5.41) is 5.36. The van der Waals surface area contributed by atoms with Gasteiger partial charge >= 0.3 is 0 Å². The molecule has 0 fully saturated rings. The Labute approximate surface area is 88.1 Å². The Morgan fingerprint density at radius 3 is 2.80 bits per heavy atom. The van der Waals surface area contributed by atoms with Crippen LogP contribution in [0.1, 0.15) is 0 Å². The number of benzene rings is 1.